The summed E-state index contributed by atoms with van der Waals surface area (Å²) in [6, 6.07) is 22.4. The second-order valence-electron chi connectivity index (χ2n) is 6.35. The van der Waals surface area contributed by atoms with Crippen LogP contribution in [0.1, 0.15) is 5.56 Å². The van der Waals surface area contributed by atoms with Crippen LogP contribution in [0.4, 0.5) is 16.2 Å². The first-order valence-corrected chi connectivity index (χ1v) is 8.90. The quantitative estimate of drug-likeness (QED) is 0.547. The first kappa shape index (κ1) is 18.2. The number of hydrogen-bond donors (Lipinski definition) is 1. The SMILES string of the molecule is O=C1C(=Cc2ccccc2O)C(=O)N(c2ccccc2)C(=O)N1c1ccccc1. The third-order valence-corrected chi connectivity index (χ3v) is 4.51. The maximum Gasteiger partial charge on any atom is 0.343 e. The average molecular weight is 384 g/mol. The van der Waals surface area contributed by atoms with Crippen molar-refractivity contribution in [3.8, 4) is 5.75 Å². The fourth-order valence-electron chi connectivity index (χ4n) is 3.10. The van der Waals surface area contributed by atoms with Crippen molar-refractivity contribution >= 4 is 35.3 Å². The number of anilines is 2. The van der Waals surface area contributed by atoms with Crippen molar-refractivity contribution in [2.24, 2.45) is 0 Å². The highest BCUT2D eigenvalue weighted by atomic mass is 16.3. The summed E-state index contributed by atoms with van der Waals surface area (Å²) in [7, 11) is 0. The molecule has 4 rings (SSSR count). The molecule has 0 bridgehead atoms. The summed E-state index contributed by atoms with van der Waals surface area (Å²) in [6.45, 7) is 0. The predicted octanol–water partition coefficient (Wildman–Crippen LogP) is 3.98. The van der Waals surface area contributed by atoms with E-state index < -0.39 is 17.8 Å². The molecule has 6 heteroatoms. The molecule has 0 unspecified atom stereocenters. The molecule has 0 radical (unpaired) electrons. The van der Waals surface area contributed by atoms with Crippen molar-refractivity contribution in [3.63, 3.8) is 0 Å². The van der Waals surface area contributed by atoms with Gasteiger partial charge in [-0.2, -0.15) is 0 Å². The zero-order chi connectivity index (χ0) is 20.4. The van der Waals surface area contributed by atoms with Crippen LogP contribution in [0.25, 0.3) is 6.08 Å². The lowest BCUT2D eigenvalue weighted by Crippen LogP contribution is -2.57. The van der Waals surface area contributed by atoms with Gasteiger partial charge in [0.15, 0.2) is 0 Å². The van der Waals surface area contributed by atoms with Crippen LogP contribution in [-0.4, -0.2) is 23.0 Å². The molecule has 142 valence electrons. The van der Waals surface area contributed by atoms with E-state index in [1.54, 1.807) is 78.9 Å². The zero-order valence-corrected chi connectivity index (χ0v) is 15.2. The molecular weight excluding hydrogens is 368 g/mol. The number of aromatic hydroxyl groups is 1. The molecule has 1 heterocycles. The van der Waals surface area contributed by atoms with E-state index >= 15 is 0 Å². The van der Waals surface area contributed by atoms with Crippen molar-refractivity contribution in [3.05, 3.63) is 96.1 Å². The van der Waals surface area contributed by atoms with Crippen molar-refractivity contribution in [2.75, 3.05) is 9.80 Å². The number of imide groups is 2. The summed E-state index contributed by atoms with van der Waals surface area (Å²) in [6.07, 6.45) is 1.30. The van der Waals surface area contributed by atoms with E-state index in [1.807, 2.05) is 0 Å². The van der Waals surface area contributed by atoms with Crippen LogP contribution >= 0.6 is 0 Å². The van der Waals surface area contributed by atoms with Crippen molar-refractivity contribution in [1.82, 2.24) is 0 Å². The molecule has 1 aliphatic rings. The molecule has 0 aliphatic carbocycles. The second kappa shape index (κ2) is 7.44. The van der Waals surface area contributed by atoms with Gasteiger partial charge in [0.25, 0.3) is 11.8 Å². The number of urea groups is 1. The Bertz CT molecular complexity index is 1060. The van der Waals surface area contributed by atoms with Crippen LogP contribution in [0.2, 0.25) is 0 Å². The minimum absolute atomic E-state index is 0.0741. The highest BCUT2D eigenvalue weighted by molar-refractivity contribution is 6.46. The number of nitrogens with zero attached hydrogens (tertiary/aromatic N) is 2. The summed E-state index contributed by atoms with van der Waals surface area (Å²) in [5.41, 5.74) is 0.775. The Hall–Kier alpha value is -4.19. The molecule has 6 nitrogen and oxygen atoms in total. The summed E-state index contributed by atoms with van der Waals surface area (Å²) in [5.74, 6) is -1.57. The molecule has 0 spiro atoms. The Labute approximate surface area is 166 Å². The maximum absolute atomic E-state index is 13.1. The number of benzene rings is 3. The number of carbonyl (C=O) groups is 3. The number of hydrogen-bond acceptors (Lipinski definition) is 4. The molecule has 4 amide bonds. The van der Waals surface area contributed by atoms with E-state index in [1.165, 1.54) is 12.1 Å². The number of para-hydroxylation sites is 3. The van der Waals surface area contributed by atoms with Gasteiger partial charge >= 0.3 is 6.03 Å². The van der Waals surface area contributed by atoms with E-state index in [0.717, 1.165) is 9.80 Å². The first-order valence-electron chi connectivity index (χ1n) is 8.90. The summed E-state index contributed by atoms with van der Waals surface area (Å²) in [4.78, 5) is 41.4. The van der Waals surface area contributed by atoms with Crippen LogP contribution in [0.5, 0.6) is 5.75 Å². The average Bonchev–Trinajstić information content (AvgIpc) is 2.74. The Morgan fingerprint density at radius 1 is 0.621 bits per heavy atom. The van der Waals surface area contributed by atoms with E-state index in [-0.39, 0.29) is 11.3 Å². The van der Waals surface area contributed by atoms with Gasteiger partial charge in [-0.25, -0.2) is 14.6 Å². The number of phenols is 1. The number of carbonyl (C=O) groups excluding carboxylic acids is 3. The molecule has 0 aromatic heterocycles. The van der Waals surface area contributed by atoms with Crippen LogP contribution in [0, 0.1) is 0 Å². The first-order chi connectivity index (χ1) is 14.1. The highest BCUT2D eigenvalue weighted by Crippen LogP contribution is 2.30. The largest absolute Gasteiger partial charge is 0.507 e. The molecule has 1 aliphatic heterocycles. The van der Waals surface area contributed by atoms with Gasteiger partial charge in [0.1, 0.15) is 11.3 Å². The maximum atomic E-state index is 13.1. The molecule has 1 saturated heterocycles. The molecule has 1 fully saturated rings. The van der Waals surface area contributed by atoms with Gasteiger partial charge in [-0.05, 0) is 36.4 Å². The van der Waals surface area contributed by atoms with Gasteiger partial charge in [0, 0.05) is 5.56 Å². The molecule has 0 saturated carbocycles. The van der Waals surface area contributed by atoms with Gasteiger partial charge in [0.2, 0.25) is 0 Å². The third-order valence-electron chi connectivity index (χ3n) is 4.51. The molecular formula is C23H16N2O4. The Morgan fingerprint density at radius 3 is 1.55 bits per heavy atom. The minimum Gasteiger partial charge on any atom is -0.507 e. The number of phenolic OH excluding ortho intramolecular Hbond substituents is 1. The van der Waals surface area contributed by atoms with Crippen LogP contribution in [-0.2, 0) is 9.59 Å². The predicted molar refractivity (Wildman–Crippen MR) is 109 cm³/mol. The lowest BCUT2D eigenvalue weighted by molar-refractivity contribution is -0.121. The fourth-order valence-corrected chi connectivity index (χ4v) is 3.10. The molecule has 0 atom stereocenters. The lowest BCUT2D eigenvalue weighted by Gasteiger charge is -2.33. The summed E-state index contributed by atoms with van der Waals surface area (Å²) < 4.78 is 0. The number of barbiturate groups is 1. The summed E-state index contributed by atoms with van der Waals surface area (Å²) >= 11 is 0. The smallest absolute Gasteiger partial charge is 0.343 e. The van der Waals surface area contributed by atoms with Crippen LogP contribution in [0.3, 0.4) is 0 Å². The van der Waals surface area contributed by atoms with Crippen molar-refractivity contribution < 1.29 is 19.5 Å². The standard InChI is InChI=1S/C23H16N2O4/c26-20-14-8-7-9-16(20)15-19-21(27)24(17-10-3-1-4-11-17)23(29)25(22(19)28)18-12-5-2-6-13-18/h1-15,26H. The van der Waals surface area contributed by atoms with E-state index in [9.17, 15) is 19.5 Å². The molecule has 3 aromatic carbocycles. The molecule has 1 N–H and O–H groups in total. The van der Waals surface area contributed by atoms with Gasteiger partial charge in [-0.1, -0.05) is 54.6 Å². The molecule has 3 aromatic rings. The Balaban J connectivity index is 1.89. The monoisotopic (exact) mass is 384 g/mol. The Kier molecular flexibility index (Phi) is 4.66. The zero-order valence-electron chi connectivity index (χ0n) is 15.2. The van der Waals surface area contributed by atoms with Crippen molar-refractivity contribution in [2.45, 2.75) is 0 Å². The van der Waals surface area contributed by atoms with E-state index in [4.69, 9.17) is 0 Å². The van der Waals surface area contributed by atoms with Gasteiger partial charge in [-0.3, -0.25) is 9.59 Å². The third kappa shape index (κ3) is 3.27. The van der Waals surface area contributed by atoms with Gasteiger partial charge in [-0.15, -0.1) is 0 Å². The molecule has 29 heavy (non-hydrogen) atoms. The fraction of sp³-hybridized carbons (Fsp3) is 0. The van der Waals surface area contributed by atoms with E-state index in [2.05, 4.69) is 0 Å². The number of rotatable bonds is 3. The van der Waals surface area contributed by atoms with Crippen molar-refractivity contribution in [1.29, 1.82) is 0 Å². The Morgan fingerprint density at radius 2 is 1.07 bits per heavy atom. The van der Waals surface area contributed by atoms with E-state index in [0.29, 0.717) is 16.9 Å². The van der Waals surface area contributed by atoms with Gasteiger partial charge in [0.05, 0.1) is 11.4 Å². The highest BCUT2D eigenvalue weighted by Gasteiger charge is 2.43. The minimum atomic E-state index is -0.758. The topological polar surface area (TPSA) is 77.9 Å². The van der Waals surface area contributed by atoms with Gasteiger partial charge < -0.3 is 5.11 Å². The second-order valence-corrected chi connectivity index (χ2v) is 6.35. The lowest BCUT2D eigenvalue weighted by atomic mass is 10.0. The number of amides is 4. The normalized spacial score (nSPS) is 14.3. The van der Waals surface area contributed by atoms with Crippen LogP contribution < -0.4 is 9.80 Å². The van der Waals surface area contributed by atoms with Crippen LogP contribution in [0.15, 0.2) is 90.5 Å². The summed E-state index contributed by atoms with van der Waals surface area (Å²) in [5, 5.41) is 10.1.